The molecule has 2 heterocycles. The van der Waals surface area contributed by atoms with Gasteiger partial charge in [0.1, 0.15) is 11.7 Å². The molecule has 1 aliphatic carbocycles. The fourth-order valence-corrected chi connectivity index (χ4v) is 5.43. The highest BCUT2D eigenvalue weighted by Crippen LogP contribution is 2.39. The minimum Gasteiger partial charge on any atom is -0.326 e. The number of pyridine rings is 1. The van der Waals surface area contributed by atoms with Gasteiger partial charge in [0.2, 0.25) is 11.8 Å². The van der Waals surface area contributed by atoms with Crippen LogP contribution in [0, 0.1) is 25.2 Å². The van der Waals surface area contributed by atoms with Crippen molar-refractivity contribution in [1.29, 1.82) is 5.26 Å². The molecule has 1 aliphatic rings. The number of nitrogens with zero attached hydrogens (tertiary/aromatic N) is 3. The summed E-state index contributed by atoms with van der Waals surface area (Å²) in [5.41, 5.74) is 7.66. The molecule has 2 aromatic heterocycles. The molecular formula is C31H29N5O2. The Balaban J connectivity index is 1.56. The van der Waals surface area contributed by atoms with Crippen LogP contribution in [0.3, 0.4) is 0 Å². The largest absolute Gasteiger partial charge is 0.326 e. The number of benzene rings is 2. The van der Waals surface area contributed by atoms with Crippen molar-refractivity contribution in [2.45, 2.75) is 46.1 Å². The first-order valence-electron chi connectivity index (χ1n) is 12.7. The van der Waals surface area contributed by atoms with Gasteiger partial charge >= 0.3 is 0 Å². The van der Waals surface area contributed by atoms with Crippen molar-refractivity contribution in [1.82, 2.24) is 9.55 Å². The van der Waals surface area contributed by atoms with Gasteiger partial charge in [-0.1, -0.05) is 24.3 Å². The summed E-state index contributed by atoms with van der Waals surface area (Å²) in [5.74, 6) is -0.475. The zero-order valence-electron chi connectivity index (χ0n) is 21.7. The van der Waals surface area contributed by atoms with Crippen LogP contribution in [0.1, 0.15) is 59.4 Å². The third kappa shape index (κ3) is 4.81. The lowest BCUT2D eigenvalue weighted by Gasteiger charge is -2.28. The van der Waals surface area contributed by atoms with E-state index in [-0.39, 0.29) is 17.9 Å². The quantitative estimate of drug-likeness (QED) is 0.323. The average molecular weight is 504 g/mol. The van der Waals surface area contributed by atoms with Gasteiger partial charge in [0.05, 0.1) is 17.3 Å². The standard InChI is InChI=1S/C31H29N5O2/c1-19-17-20(2)33-31-30(19)26(18-32)28(36(31)27-10-6-8-22-7-4-5-9-25(22)27)15-16-29(38)35-24-13-11-23(12-14-24)34-21(3)37/h4-5,7,9,11-17,27H,6,8,10H2,1-3H3,(H,34,37)(H,35,38)/b16-15+/t27-/m0/s1. The van der Waals surface area contributed by atoms with Gasteiger partial charge < -0.3 is 15.2 Å². The minimum absolute atomic E-state index is 0.0160. The lowest BCUT2D eigenvalue weighted by Crippen LogP contribution is -2.19. The number of carbonyl (C=O) groups is 2. The van der Waals surface area contributed by atoms with Crippen LogP contribution in [0.2, 0.25) is 0 Å². The van der Waals surface area contributed by atoms with Gasteiger partial charge in [-0.2, -0.15) is 5.26 Å². The number of aryl methyl sites for hydroxylation is 3. The van der Waals surface area contributed by atoms with E-state index in [0.717, 1.165) is 41.6 Å². The second-order valence-corrected chi connectivity index (χ2v) is 9.71. The van der Waals surface area contributed by atoms with Gasteiger partial charge in [-0.3, -0.25) is 9.59 Å². The van der Waals surface area contributed by atoms with E-state index in [2.05, 4.69) is 45.5 Å². The highest BCUT2D eigenvalue weighted by atomic mass is 16.2. The molecule has 190 valence electrons. The van der Waals surface area contributed by atoms with Crippen LogP contribution >= 0.6 is 0 Å². The molecule has 0 radical (unpaired) electrons. The maximum Gasteiger partial charge on any atom is 0.248 e. The number of nitriles is 1. The highest BCUT2D eigenvalue weighted by Gasteiger charge is 2.28. The molecule has 2 aromatic carbocycles. The summed E-state index contributed by atoms with van der Waals surface area (Å²) in [6, 6.07) is 19.8. The molecule has 7 nitrogen and oxygen atoms in total. The number of amides is 2. The molecule has 0 aliphatic heterocycles. The van der Waals surface area contributed by atoms with Crippen LogP contribution < -0.4 is 10.6 Å². The normalized spacial score (nSPS) is 14.7. The summed E-state index contributed by atoms with van der Waals surface area (Å²) in [4.78, 5) is 29.0. The smallest absolute Gasteiger partial charge is 0.248 e. The first-order valence-corrected chi connectivity index (χ1v) is 12.7. The maximum atomic E-state index is 12.9. The van der Waals surface area contributed by atoms with E-state index >= 15 is 0 Å². The summed E-state index contributed by atoms with van der Waals surface area (Å²) >= 11 is 0. The number of nitrogens with one attached hydrogen (secondary N) is 2. The van der Waals surface area contributed by atoms with Crippen molar-refractivity contribution in [3.05, 3.63) is 94.3 Å². The second kappa shape index (κ2) is 10.3. The Kier molecular flexibility index (Phi) is 6.80. The number of fused-ring (bicyclic) bond motifs is 2. The maximum absolute atomic E-state index is 12.9. The predicted molar refractivity (Wildman–Crippen MR) is 150 cm³/mol. The van der Waals surface area contributed by atoms with Crippen LogP contribution in [-0.2, 0) is 16.0 Å². The summed E-state index contributed by atoms with van der Waals surface area (Å²) in [5, 5.41) is 16.6. The van der Waals surface area contributed by atoms with Crippen LogP contribution in [0.4, 0.5) is 11.4 Å². The van der Waals surface area contributed by atoms with Crippen molar-refractivity contribution in [3.63, 3.8) is 0 Å². The van der Waals surface area contributed by atoms with Crippen LogP contribution in [0.25, 0.3) is 17.1 Å². The molecule has 0 spiro atoms. The molecular weight excluding hydrogens is 474 g/mol. The van der Waals surface area contributed by atoms with Crippen molar-refractivity contribution < 1.29 is 9.59 Å². The predicted octanol–water partition coefficient (Wildman–Crippen LogP) is 6.06. The van der Waals surface area contributed by atoms with E-state index in [4.69, 9.17) is 4.98 Å². The van der Waals surface area contributed by atoms with E-state index < -0.39 is 0 Å². The number of carbonyl (C=O) groups excluding carboxylic acids is 2. The molecule has 1 atom stereocenters. The minimum atomic E-state index is -0.317. The molecule has 2 N–H and O–H groups in total. The highest BCUT2D eigenvalue weighted by molar-refractivity contribution is 6.03. The van der Waals surface area contributed by atoms with Crippen molar-refractivity contribution in [2.24, 2.45) is 0 Å². The fourth-order valence-electron chi connectivity index (χ4n) is 5.43. The van der Waals surface area contributed by atoms with Gasteiger partial charge in [0, 0.05) is 35.5 Å². The number of anilines is 2. The summed E-state index contributed by atoms with van der Waals surface area (Å²) < 4.78 is 2.15. The molecule has 0 bridgehead atoms. The van der Waals surface area contributed by atoms with Gasteiger partial charge in [-0.25, -0.2) is 4.98 Å². The van der Waals surface area contributed by atoms with Gasteiger partial charge in [0.15, 0.2) is 0 Å². The van der Waals surface area contributed by atoms with E-state index in [1.807, 2.05) is 19.9 Å². The first-order chi connectivity index (χ1) is 18.4. The Hall–Kier alpha value is -4.70. The lowest BCUT2D eigenvalue weighted by molar-refractivity contribution is -0.114. The number of hydrogen-bond donors (Lipinski definition) is 2. The summed E-state index contributed by atoms with van der Waals surface area (Å²) in [7, 11) is 0. The topological polar surface area (TPSA) is 99.8 Å². The Labute approximate surface area is 221 Å². The second-order valence-electron chi connectivity index (χ2n) is 9.71. The van der Waals surface area contributed by atoms with E-state index in [0.29, 0.717) is 22.6 Å². The van der Waals surface area contributed by atoms with Gasteiger partial charge in [-0.05, 0) is 86.2 Å². The molecule has 5 rings (SSSR count). The first kappa shape index (κ1) is 25.0. The zero-order chi connectivity index (χ0) is 26.8. The van der Waals surface area contributed by atoms with Crippen LogP contribution in [0.15, 0.2) is 60.7 Å². The van der Waals surface area contributed by atoms with Gasteiger partial charge in [0.25, 0.3) is 0 Å². The van der Waals surface area contributed by atoms with Crippen LogP contribution in [-0.4, -0.2) is 21.4 Å². The Morgan fingerprint density at radius 3 is 2.50 bits per heavy atom. The number of rotatable bonds is 5. The molecule has 0 saturated carbocycles. The molecule has 38 heavy (non-hydrogen) atoms. The third-order valence-corrected chi connectivity index (χ3v) is 6.95. The molecule has 7 heteroatoms. The number of aromatic nitrogens is 2. The SMILES string of the molecule is CC(=O)Nc1ccc(NC(=O)/C=C/c2c(C#N)c3c(C)cc(C)nc3n2[C@H]2CCCc3ccccc32)cc1. The lowest BCUT2D eigenvalue weighted by atomic mass is 9.87. The monoisotopic (exact) mass is 503 g/mol. The molecule has 0 fully saturated rings. The molecule has 2 amide bonds. The Bertz CT molecular complexity index is 1620. The van der Waals surface area contributed by atoms with Crippen molar-refractivity contribution in [2.75, 3.05) is 10.6 Å². The zero-order valence-corrected chi connectivity index (χ0v) is 21.7. The van der Waals surface area contributed by atoms with Crippen molar-refractivity contribution >= 4 is 40.3 Å². The fraction of sp³-hybridized carbons (Fsp3) is 0.226. The van der Waals surface area contributed by atoms with Crippen LogP contribution in [0.5, 0.6) is 0 Å². The third-order valence-electron chi connectivity index (χ3n) is 6.95. The van der Waals surface area contributed by atoms with E-state index in [1.54, 1.807) is 30.3 Å². The summed E-state index contributed by atoms with van der Waals surface area (Å²) in [6.45, 7) is 5.41. The summed E-state index contributed by atoms with van der Waals surface area (Å²) in [6.07, 6.45) is 6.17. The Morgan fingerprint density at radius 1 is 1.08 bits per heavy atom. The molecule has 4 aromatic rings. The average Bonchev–Trinajstić information content (AvgIpc) is 3.21. The Morgan fingerprint density at radius 2 is 1.79 bits per heavy atom. The number of hydrogen-bond acceptors (Lipinski definition) is 4. The molecule has 0 unspecified atom stereocenters. The van der Waals surface area contributed by atoms with E-state index in [1.165, 1.54) is 24.1 Å². The van der Waals surface area contributed by atoms with Crippen molar-refractivity contribution in [3.8, 4) is 6.07 Å². The van der Waals surface area contributed by atoms with E-state index in [9.17, 15) is 14.9 Å². The molecule has 0 saturated heterocycles. The van der Waals surface area contributed by atoms with Gasteiger partial charge in [-0.15, -0.1) is 0 Å².